The Labute approximate surface area is 249 Å². The minimum atomic E-state index is -0.129. The predicted octanol–water partition coefficient (Wildman–Crippen LogP) is 4.32. The van der Waals surface area contributed by atoms with Crippen LogP contribution >= 0.6 is 0 Å². The van der Waals surface area contributed by atoms with Gasteiger partial charge >= 0.3 is 5.97 Å². The summed E-state index contributed by atoms with van der Waals surface area (Å²) in [4.78, 5) is 11.7. The molecule has 0 radical (unpaired) electrons. The third-order valence-corrected chi connectivity index (χ3v) is 6.70. The summed E-state index contributed by atoms with van der Waals surface area (Å²) in [6.07, 6.45) is 14.2. The lowest BCUT2D eigenvalue weighted by molar-refractivity contribution is -0.145. The van der Waals surface area contributed by atoms with Crippen molar-refractivity contribution in [2.24, 2.45) is 0 Å². The highest BCUT2D eigenvalue weighted by Crippen LogP contribution is 2.11. The van der Waals surface area contributed by atoms with Crippen molar-refractivity contribution < 1.29 is 42.7 Å². The number of rotatable bonds is 32. The topological polar surface area (TPSA) is 103 Å². The largest absolute Gasteiger partial charge is 0.463 e. The molecule has 0 spiro atoms. The molecule has 1 N–H and O–H groups in total. The third-order valence-electron chi connectivity index (χ3n) is 6.70. The highest BCUT2D eigenvalue weighted by Gasteiger charge is 2.12. The highest BCUT2D eigenvalue weighted by molar-refractivity contribution is 5.69. The summed E-state index contributed by atoms with van der Waals surface area (Å²) in [6.45, 7) is 11.5. The van der Waals surface area contributed by atoms with Crippen LogP contribution in [0.5, 0.6) is 0 Å². The monoisotopic (exact) mass is 591 g/mol. The van der Waals surface area contributed by atoms with Crippen LogP contribution in [0.3, 0.4) is 0 Å². The SMILES string of the molecule is CCCCCCCCCCCC(=O)OCCOCCOCCOCCOCCOCCOCCOC1CCNCC1. The van der Waals surface area contributed by atoms with E-state index in [2.05, 4.69) is 12.2 Å². The third kappa shape index (κ3) is 29.0. The molecule has 0 bridgehead atoms. The van der Waals surface area contributed by atoms with E-state index < -0.39 is 0 Å². The van der Waals surface area contributed by atoms with Gasteiger partial charge in [-0.05, 0) is 32.4 Å². The maximum Gasteiger partial charge on any atom is 0.305 e. The van der Waals surface area contributed by atoms with E-state index in [0.717, 1.165) is 38.8 Å². The molecule has 0 amide bonds. The van der Waals surface area contributed by atoms with Crippen molar-refractivity contribution in [2.45, 2.75) is 90.1 Å². The summed E-state index contributed by atoms with van der Waals surface area (Å²) in [5.74, 6) is -0.129. The number of unbranched alkanes of at least 4 members (excludes halogenated alkanes) is 8. The van der Waals surface area contributed by atoms with Gasteiger partial charge in [0.25, 0.3) is 0 Å². The smallest absolute Gasteiger partial charge is 0.305 e. The molecule has 1 rings (SSSR count). The van der Waals surface area contributed by atoms with Crippen molar-refractivity contribution in [3.8, 4) is 0 Å². The Balaban J connectivity index is 1.65. The fraction of sp³-hybridized carbons (Fsp3) is 0.968. The average molecular weight is 592 g/mol. The van der Waals surface area contributed by atoms with Crippen LogP contribution in [0.25, 0.3) is 0 Å². The Morgan fingerprint density at radius 2 is 0.927 bits per heavy atom. The zero-order valence-electron chi connectivity index (χ0n) is 26.1. The van der Waals surface area contributed by atoms with Crippen LogP contribution in [0.1, 0.15) is 84.0 Å². The minimum absolute atomic E-state index is 0.129. The average Bonchev–Trinajstić information content (AvgIpc) is 2.99. The van der Waals surface area contributed by atoms with E-state index in [9.17, 15) is 4.79 Å². The van der Waals surface area contributed by atoms with Crippen molar-refractivity contribution in [2.75, 3.05) is 106 Å². The normalized spacial score (nSPS) is 14.1. The number of hydrogen-bond donors (Lipinski definition) is 1. The van der Waals surface area contributed by atoms with E-state index in [4.69, 9.17) is 37.9 Å². The van der Waals surface area contributed by atoms with Crippen LogP contribution < -0.4 is 5.32 Å². The van der Waals surface area contributed by atoms with E-state index in [1.165, 1.54) is 44.9 Å². The van der Waals surface area contributed by atoms with Gasteiger partial charge in [0.2, 0.25) is 0 Å². The van der Waals surface area contributed by atoms with Crippen molar-refractivity contribution in [3.63, 3.8) is 0 Å². The van der Waals surface area contributed by atoms with Crippen LogP contribution in [-0.2, 0) is 42.7 Å². The van der Waals surface area contributed by atoms with Gasteiger partial charge in [-0.1, -0.05) is 58.3 Å². The quantitative estimate of drug-likeness (QED) is 0.0899. The molecular weight excluding hydrogens is 530 g/mol. The molecule has 0 atom stereocenters. The first-order valence-corrected chi connectivity index (χ1v) is 16.3. The maximum absolute atomic E-state index is 11.7. The van der Waals surface area contributed by atoms with Crippen molar-refractivity contribution >= 4 is 5.97 Å². The number of ether oxygens (including phenoxy) is 8. The number of nitrogens with one attached hydrogen (secondary N) is 1. The number of hydrogen-bond acceptors (Lipinski definition) is 10. The molecule has 0 aromatic rings. The van der Waals surface area contributed by atoms with Gasteiger partial charge in [0.1, 0.15) is 6.61 Å². The molecule has 1 fully saturated rings. The fourth-order valence-electron chi connectivity index (χ4n) is 4.30. The van der Waals surface area contributed by atoms with E-state index in [0.29, 0.717) is 105 Å². The summed E-state index contributed by atoms with van der Waals surface area (Å²) in [7, 11) is 0. The van der Waals surface area contributed by atoms with Gasteiger partial charge in [0.05, 0.1) is 92.0 Å². The fourth-order valence-corrected chi connectivity index (χ4v) is 4.30. The Bertz CT molecular complexity index is 536. The lowest BCUT2D eigenvalue weighted by Crippen LogP contribution is -2.33. The molecule has 1 aliphatic rings. The van der Waals surface area contributed by atoms with Crippen LogP contribution in [0.15, 0.2) is 0 Å². The number of carbonyl (C=O) groups is 1. The Hall–Kier alpha value is -0.850. The van der Waals surface area contributed by atoms with Gasteiger partial charge in [-0.15, -0.1) is 0 Å². The van der Waals surface area contributed by atoms with Crippen molar-refractivity contribution in [1.82, 2.24) is 5.32 Å². The number of carbonyl (C=O) groups excluding carboxylic acids is 1. The second-order valence-corrected chi connectivity index (χ2v) is 10.3. The van der Waals surface area contributed by atoms with Crippen LogP contribution in [0.2, 0.25) is 0 Å². The Morgan fingerprint density at radius 1 is 0.537 bits per heavy atom. The zero-order chi connectivity index (χ0) is 29.3. The van der Waals surface area contributed by atoms with Crippen LogP contribution in [0, 0.1) is 0 Å². The van der Waals surface area contributed by atoms with Crippen molar-refractivity contribution in [3.05, 3.63) is 0 Å². The van der Waals surface area contributed by atoms with Crippen LogP contribution in [0.4, 0.5) is 0 Å². The second kappa shape index (κ2) is 32.1. The maximum atomic E-state index is 11.7. The van der Waals surface area contributed by atoms with E-state index in [-0.39, 0.29) is 5.97 Å². The summed E-state index contributed by atoms with van der Waals surface area (Å²) in [5.41, 5.74) is 0. The standard InChI is InChI=1S/C31H61NO9/c1-2-3-4-5-6-7-8-9-10-11-31(33)41-29-27-39-25-23-37-21-19-35-17-16-34-18-20-36-22-24-38-26-28-40-30-12-14-32-15-13-30/h30,32H,2-29H2,1H3. The molecule has 1 heterocycles. The summed E-state index contributed by atoms with van der Waals surface area (Å²) < 4.78 is 43.9. The van der Waals surface area contributed by atoms with Gasteiger partial charge < -0.3 is 43.2 Å². The van der Waals surface area contributed by atoms with E-state index >= 15 is 0 Å². The zero-order valence-corrected chi connectivity index (χ0v) is 26.1. The lowest BCUT2D eigenvalue weighted by atomic mass is 10.1. The first kappa shape index (κ1) is 38.2. The van der Waals surface area contributed by atoms with Crippen molar-refractivity contribution in [1.29, 1.82) is 0 Å². The molecule has 0 aromatic heterocycles. The number of piperidine rings is 1. The molecule has 0 aliphatic carbocycles. The molecule has 1 aliphatic heterocycles. The molecular formula is C31H61NO9. The molecule has 0 saturated carbocycles. The van der Waals surface area contributed by atoms with Gasteiger partial charge in [-0.2, -0.15) is 0 Å². The molecule has 41 heavy (non-hydrogen) atoms. The first-order chi connectivity index (χ1) is 20.3. The molecule has 10 heteroatoms. The van der Waals surface area contributed by atoms with E-state index in [1.54, 1.807) is 0 Å². The summed E-state index contributed by atoms with van der Waals surface area (Å²) >= 11 is 0. The first-order valence-electron chi connectivity index (χ1n) is 16.3. The van der Waals surface area contributed by atoms with Crippen LogP contribution in [-0.4, -0.2) is 118 Å². The van der Waals surface area contributed by atoms with Gasteiger partial charge in [-0.25, -0.2) is 0 Å². The van der Waals surface area contributed by atoms with Gasteiger partial charge in [-0.3, -0.25) is 4.79 Å². The van der Waals surface area contributed by atoms with E-state index in [1.807, 2.05) is 0 Å². The molecule has 1 saturated heterocycles. The predicted molar refractivity (Wildman–Crippen MR) is 160 cm³/mol. The number of esters is 1. The van der Waals surface area contributed by atoms with Gasteiger partial charge in [0.15, 0.2) is 0 Å². The molecule has 0 unspecified atom stereocenters. The molecule has 244 valence electrons. The molecule has 0 aromatic carbocycles. The lowest BCUT2D eigenvalue weighted by Gasteiger charge is -2.22. The Morgan fingerprint density at radius 3 is 1.39 bits per heavy atom. The summed E-state index contributed by atoms with van der Waals surface area (Å²) in [6, 6.07) is 0. The molecule has 10 nitrogen and oxygen atoms in total. The summed E-state index contributed by atoms with van der Waals surface area (Å²) in [5, 5.41) is 3.33. The minimum Gasteiger partial charge on any atom is -0.463 e. The Kier molecular flexibility index (Phi) is 29.9. The second-order valence-electron chi connectivity index (χ2n) is 10.3. The van der Waals surface area contributed by atoms with Gasteiger partial charge in [0, 0.05) is 6.42 Å². The highest BCUT2D eigenvalue weighted by atomic mass is 16.6.